The van der Waals surface area contributed by atoms with Gasteiger partial charge in [0, 0.05) is 5.71 Å². The largest absolute Gasteiger partial charge is 0.251 e. The molecule has 0 spiro atoms. The highest BCUT2D eigenvalue weighted by atomic mass is 79.9. The van der Waals surface area contributed by atoms with E-state index < -0.39 is 0 Å². The normalized spacial score (nSPS) is 14.2. The Labute approximate surface area is 65.0 Å². The number of nitrogens with zero attached hydrogens (tertiary/aromatic N) is 1. The van der Waals surface area contributed by atoms with Gasteiger partial charge in [-0.05, 0) is 36.2 Å². The first-order valence-electron chi connectivity index (χ1n) is 3.06. The first kappa shape index (κ1) is 8.89. The molecule has 0 aromatic heterocycles. The lowest BCUT2D eigenvalue weighted by atomic mass is 10.3. The van der Waals surface area contributed by atoms with E-state index in [1.165, 1.54) is 0 Å². The molecular formula is C7H12BrN. The summed E-state index contributed by atoms with van der Waals surface area (Å²) in [6.07, 6.45) is 2.95. The minimum atomic E-state index is 0.918. The Hall–Kier alpha value is -0.110. The Balaban J connectivity index is 3.95. The first-order chi connectivity index (χ1) is 4.20. The summed E-state index contributed by atoms with van der Waals surface area (Å²) in [5, 5.41) is 0. The van der Waals surface area contributed by atoms with Crippen LogP contribution in [0.4, 0.5) is 0 Å². The Morgan fingerprint density at radius 2 is 2.22 bits per heavy atom. The van der Waals surface area contributed by atoms with Crippen LogP contribution in [-0.4, -0.2) is 5.71 Å². The lowest BCUT2D eigenvalue weighted by Crippen LogP contribution is -1.85. The molecule has 0 aliphatic heterocycles. The molecule has 0 saturated carbocycles. The van der Waals surface area contributed by atoms with E-state index in [2.05, 4.69) is 27.8 Å². The molecule has 0 aromatic carbocycles. The zero-order valence-corrected chi connectivity index (χ0v) is 7.70. The molecule has 0 heterocycles. The third-order valence-corrected chi connectivity index (χ3v) is 1.68. The highest BCUT2D eigenvalue weighted by Crippen LogP contribution is 2.06. The number of halogens is 1. The molecule has 0 bridgehead atoms. The van der Waals surface area contributed by atoms with Gasteiger partial charge in [0.05, 0.1) is 0 Å². The van der Waals surface area contributed by atoms with Gasteiger partial charge in [-0.15, -0.1) is 0 Å². The molecule has 52 valence electrons. The Morgan fingerprint density at radius 1 is 1.67 bits per heavy atom. The zero-order valence-electron chi connectivity index (χ0n) is 6.11. The van der Waals surface area contributed by atoms with Gasteiger partial charge in [0.1, 0.15) is 4.61 Å². The third-order valence-electron chi connectivity index (χ3n) is 1.05. The molecule has 0 aliphatic carbocycles. The SMILES string of the molecule is C/C=C(Br)\N=C(\C)CC. The quantitative estimate of drug-likeness (QED) is 0.468. The second kappa shape index (κ2) is 4.74. The predicted octanol–water partition coefficient (Wildman–Crippen LogP) is 3.11. The molecule has 0 aromatic rings. The summed E-state index contributed by atoms with van der Waals surface area (Å²) >= 11 is 3.29. The number of aliphatic imine (C=N–C) groups is 1. The molecule has 0 amide bonds. The summed E-state index contributed by atoms with van der Waals surface area (Å²) in [6.45, 7) is 6.07. The Kier molecular flexibility index (Phi) is 4.68. The summed E-state index contributed by atoms with van der Waals surface area (Å²) in [5.74, 6) is 0. The van der Waals surface area contributed by atoms with Crippen molar-refractivity contribution in [2.45, 2.75) is 27.2 Å². The Morgan fingerprint density at radius 3 is 2.56 bits per heavy atom. The van der Waals surface area contributed by atoms with Gasteiger partial charge in [-0.2, -0.15) is 0 Å². The number of rotatable bonds is 2. The molecule has 9 heavy (non-hydrogen) atoms. The number of hydrogen-bond acceptors (Lipinski definition) is 1. The first-order valence-corrected chi connectivity index (χ1v) is 3.86. The molecule has 0 atom stereocenters. The van der Waals surface area contributed by atoms with Crippen molar-refractivity contribution in [1.82, 2.24) is 0 Å². The standard InChI is InChI=1S/C7H12BrN/c1-4-6(3)9-7(8)5-2/h5H,4H2,1-3H3/b7-5-,9-6-. The fourth-order valence-electron chi connectivity index (χ4n) is 0.326. The van der Waals surface area contributed by atoms with Crippen molar-refractivity contribution >= 4 is 21.6 Å². The lowest BCUT2D eigenvalue weighted by molar-refractivity contribution is 1.25. The molecule has 0 fully saturated rings. The van der Waals surface area contributed by atoms with Crippen molar-refractivity contribution < 1.29 is 0 Å². The average Bonchev–Trinajstić information content (AvgIpc) is 1.87. The van der Waals surface area contributed by atoms with Crippen LogP contribution in [0.5, 0.6) is 0 Å². The molecular weight excluding hydrogens is 178 g/mol. The molecule has 2 heteroatoms. The van der Waals surface area contributed by atoms with E-state index in [0.29, 0.717) is 0 Å². The van der Waals surface area contributed by atoms with Crippen LogP contribution in [0, 0.1) is 0 Å². The fraction of sp³-hybridized carbons (Fsp3) is 0.571. The molecule has 0 radical (unpaired) electrons. The van der Waals surface area contributed by atoms with Crippen LogP contribution in [-0.2, 0) is 0 Å². The van der Waals surface area contributed by atoms with Crippen molar-refractivity contribution in [3.05, 3.63) is 10.7 Å². The zero-order chi connectivity index (χ0) is 7.28. The topological polar surface area (TPSA) is 12.4 Å². The van der Waals surface area contributed by atoms with Gasteiger partial charge in [0.25, 0.3) is 0 Å². The van der Waals surface area contributed by atoms with E-state index >= 15 is 0 Å². The van der Waals surface area contributed by atoms with Crippen LogP contribution < -0.4 is 0 Å². The van der Waals surface area contributed by atoms with Crippen molar-refractivity contribution in [2.75, 3.05) is 0 Å². The van der Waals surface area contributed by atoms with E-state index in [-0.39, 0.29) is 0 Å². The summed E-state index contributed by atoms with van der Waals surface area (Å²) in [5.41, 5.74) is 1.15. The highest BCUT2D eigenvalue weighted by molar-refractivity contribution is 9.11. The van der Waals surface area contributed by atoms with Crippen LogP contribution in [0.1, 0.15) is 27.2 Å². The van der Waals surface area contributed by atoms with E-state index in [1.54, 1.807) is 0 Å². The van der Waals surface area contributed by atoms with Gasteiger partial charge in [-0.1, -0.05) is 13.0 Å². The second-order valence-electron chi connectivity index (χ2n) is 1.81. The number of hydrogen-bond donors (Lipinski definition) is 0. The van der Waals surface area contributed by atoms with Crippen LogP contribution in [0.2, 0.25) is 0 Å². The molecule has 0 unspecified atom stereocenters. The monoisotopic (exact) mass is 189 g/mol. The van der Waals surface area contributed by atoms with Gasteiger partial charge in [-0.3, -0.25) is 4.99 Å². The maximum Gasteiger partial charge on any atom is 0.101 e. The fourth-order valence-corrected chi connectivity index (χ4v) is 0.629. The van der Waals surface area contributed by atoms with Crippen LogP contribution in [0.3, 0.4) is 0 Å². The van der Waals surface area contributed by atoms with Crippen molar-refractivity contribution in [3.8, 4) is 0 Å². The number of allylic oxidation sites excluding steroid dienone is 1. The molecule has 0 aliphatic rings. The second-order valence-corrected chi connectivity index (χ2v) is 2.62. The van der Waals surface area contributed by atoms with Crippen molar-refractivity contribution in [1.29, 1.82) is 0 Å². The van der Waals surface area contributed by atoms with Crippen molar-refractivity contribution in [3.63, 3.8) is 0 Å². The van der Waals surface area contributed by atoms with Crippen LogP contribution in [0.25, 0.3) is 0 Å². The third kappa shape index (κ3) is 4.40. The van der Waals surface area contributed by atoms with Crippen molar-refractivity contribution in [2.24, 2.45) is 4.99 Å². The molecule has 0 rings (SSSR count). The lowest BCUT2D eigenvalue weighted by Gasteiger charge is -1.91. The van der Waals surface area contributed by atoms with Crippen LogP contribution in [0.15, 0.2) is 15.7 Å². The van der Waals surface area contributed by atoms with E-state index in [1.807, 2.05) is 19.9 Å². The van der Waals surface area contributed by atoms with Gasteiger partial charge in [0.15, 0.2) is 0 Å². The van der Waals surface area contributed by atoms with Gasteiger partial charge in [-0.25, -0.2) is 0 Å². The van der Waals surface area contributed by atoms with E-state index in [0.717, 1.165) is 16.7 Å². The Bertz CT molecular complexity index is 136. The van der Waals surface area contributed by atoms with Gasteiger partial charge in [0.2, 0.25) is 0 Å². The minimum Gasteiger partial charge on any atom is -0.251 e. The van der Waals surface area contributed by atoms with Crippen LogP contribution >= 0.6 is 15.9 Å². The maximum absolute atomic E-state index is 4.21. The summed E-state index contributed by atoms with van der Waals surface area (Å²) in [7, 11) is 0. The minimum absolute atomic E-state index is 0.918. The summed E-state index contributed by atoms with van der Waals surface area (Å²) < 4.78 is 0.918. The van der Waals surface area contributed by atoms with E-state index in [9.17, 15) is 0 Å². The smallest absolute Gasteiger partial charge is 0.101 e. The maximum atomic E-state index is 4.21. The molecule has 0 saturated heterocycles. The average molecular weight is 190 g/mol. The van der Waals surface area contributed by atoms with E-state index in [4.69, 9.17) is 0 Å². The summed E-state index contributed by atoms with van der Waals surface area (Å²) in [4.78, 5) is 4.21. The summed E-state index contributed by atoms with van der Waals surface area (Å²) in [6, 6.07) is 0. The highest BCUT2D eigenvalue weighted by Gasteiger charge is 1.85. The van der Waals surface area contributed by atoms with Gasteiger partial charge < -0.3 is 0 Å². The van der Waals surface area contributed by atoms with Gasteiger partial charge >= 0.3 is 0 Å². The predicted molar refractivity (Wildman–Crippen MR) is 46.1 cm³/mol. The molecule has 1 nitrogen and oxygen atoms in total. The molecule has 0 N–H and O–H groups in total.